The Bertz CT molecular complexity index is 336. The van der Waals surface area contributed by atoms with Crippen LogP contribution < -0.4 is 10.6 Å². The summed E-state index contributed by atoms with van der Waals surface area (Å²) in [6, 6.07) is -1.10. The second-order valence-corrected chi connectivity index (χ2v) is 5.23. The van der Waals surface area contributed by atoms with Crippen molar-refractivity contribution >= 4 is 17.8 Å². The lowest BCUT2D eigenvalue weighted by Crippen LogP contribution is -2.43. The van der Waals surface area contributed by atoms with Gasteiger partial charge in [0, 0.05) is 31.4 Å². The summed E-state index contributed by atoms with van der Waals surface area (Å²) in [4.78, 5) is 33.7. The van der Waals surface area contributed by atoms with Crippen molar-refractivity contribution in [1.82, 2.24) is 10.6 Å². The molecule has 0 unspecified atom stereocenters. The number of aliphatic hydroxyl groups excluding tert-OH is 1. The topological polar surface area (TPSA) is 116 Å². The molecule has 0 fully saturated rings. The van der Waals surface area contributed by atoms with E-state index in [9.17, 15) is 14.4 Å². The third kappa shape index (κ3) is 7.40. The van der Waals surface area contributed by atoms with Crippen molar-refractivity contribution in [2.75, 3.05) is 13.2 Å². The highest BCUT2D eigenvalue weighted by atomic mass is 16.4. The molecule has 0 aromatic heterocycles. The number of carbonyl (C=O) groups is 3. The first-order chi connectivity index (χ1) is 8.68. The lowest BCUT2D eigenvalue weighted by molar-refractivity contribution is -0.142. The molecule has 2 amide bonds. The Hall–Kier alpha value is -1.63. The van der Waals surface area contributed by atoms with E-state index in [1.54, 1.807) is 20.8 Å². The first kappa shape index (κ1) is 17.4. The van der Waals surface area contributed by atoms with E-state index in [0.29, 0.717) is 0 Å². The molecule has 0 aliphatic heterocycles. The quantitative estimate of drug-likeness (QED) is 0.499. The van der Waals surface area contributed by atoms with E-state index >= 15 is 0 Å². The fraction of sp³-hybridized carbons (Fsp3) is 0.750. The summed E-state index contributed by atoms with van der Waals surface area (Å²) < 4.78 is 0. The number of aliphatic carboxylic acids is 1. The van der Waals surface area contributed by atoms with Gasteiger partial charge in [0.15, 0.2) is 0 Å². The molecule has 0 rings (SSSR count). The predicted octanol–water partition coefficient (Wildman–Crippen LogP) is -0.509. The largest absolute Gasteiger partial charge is 0.480 e. The van der Waals surface area contributed by atoms with E-state index in [4.69, 9.17) is 10.2 Å². The molecule has 1 atom stereocenters. The zero-order valence-corrected chi connectivity index (χ0v) is 11.5. The third-order valence-electron chi connectivity index (χ3n) is 2.37. The molecule has 0 aliphatic rings. The van der Waals surface area contributed by atoms with Gasteiger partial charge in [0.25, 0.3) is 0 Å². The van der Waals surface area contributed by atoms with Crippen LogP contribution in [0.4, 0.5) is 0 Å². The van der Waals surface area contributed by atoms with Gasteiger partial charge >= 0.3 is 5.97 Å². The SMILES string of the molecule is CC(C)(C)C(=O)NCCC(=O)N[C@H](CCO)C(=O)O. The minimum absolute atomic E-state index is 0.00295. The highest BCUT2D eigenvalue weighted by molar-refractivity contribution is 5.84. The van der Waals surface area contributed by atoms with Gasteiger partial charge in [-0.1, -0.05) is 20.8 Å². The van der Waals surface area contributed by atoms with Crippen molar-refractivity contribution in [1.29, 1.82) is 0 Å². The number of carboxylic acid groups (broad SMARTS) is 1. The zero-order valence-electron chi connectivity index (χ0n) is 11.5. The lowest BCUT2D eigenvalue weighted by atomic mass is 9.96. The first-order valence-electron chi connectivity index (χ1n) is 6.09. The van der Waals surface area contributed by atoms with Crippen molar-refractivity contribution in [2.45, 2.75) is 39.7 Å². The number of amides is 2. The van der Waals surface area contributed by atoms with Crippen molar-refractivity contribution < 1.29 is 24.6 Å². The van der Waals surface area contributed by atoms with Gasteiger partial charge < -0.3 is 20.8 Å². The minimum Gasteiger partial charge on any atom is -0.480 e. The average molecular weight is 274 g/mol. The summed E-state index contributed by atoms with van der Waals surface area (Å²) in [5.41, 5.74) is -0.531. The van der Waals surface area contributed by atoms with Crippen LogP contribution in [0.5, 0.6) is 0 Å². The summed E-state index contributed by atoms with van der Waals surface area (Å²) in [6.07, 6.45) is -0.0492. The number of nitrogens with one attached hydrogen (secondary N) is 2. The number of hydrogen-bond acceptors (Lipinski definition) is 4. The third-order valence-corrected chi connectivity index (χ3v) is 2.37. The van der Waals surface area contributed by atoms with Crippen molar-refractivity contribution in [3.05, 3.63) is 0 Å². The summed E-state index contributed by atoms with van der Waals surface area (Å²) in [6.45, 7) is 5.09. The monoisotopic (exact) mass is 274 g/mol. The summed E-state index contributed by atoms with van der Waals surface area (Å²) >= 11 is 0. The van der Waals surface area contributed by atoms with Crippen LogP contribution in [0, 0.1) is 5.41 Å². The molecule has 0 heterocycles. The summed E-state index contributed by atoms with van der Waals surface area (Å²) in [5.74, 6) is -1.85. The molecule has 0 aromatic rings. The number of rotatable bonds is 7. The van der Waals surface area contributed by atoms with Gasteiger partial charge in [-0.05, 0) is 0 Å². The Balaban J connectivity index is 4.05. The van der Waals surface area contributed by atoms with Gasteiger partial charge in [-0.25, -0.2) is 4.79 Å². The first-order valence-corrected chi connectivity index (χ1v) is 6.09. The highest BCUT2D eigenvalue weighted by Crippen LogP contribution is 2.12. The summed E-state index contributed by atoms with van der Waals surface area (Å²) in [7, 11) is 0. The van der Waals surface area contributed by atoms with Crippen molar-refractivity contribution in [2.24, 2.45) is 5.41 Å². The van der Waals surface area contributed by atoms with Crippen LogP contribution in [-0.2, 0) is 14.4 Å². The van der Waals surface area contributed by atoms with E-state index in [1.165, 1.54) is 0 Å². The molecule has 0 spiro atoms. The average Bonchev–Trinajstić information content (AvgIpc) is 2.26. The van der Waals surface area contributed by atoms with Crippen LogP contribution in [-0.4, -0.2) is 47.2 Å². The number of carboxylic acids is 1. The Morgan fingerprint density at radius 1 is 1.21 bits per heavy atom. The van der Waals surface area contributed by atoms with E-state index in [2.05, 4.69) is 10.6 Å². The Kier molecular flexibility index (Phi) is 7.06. The van der Waals surface area contributed by atoms with Crippen LogP contribution in [0.25, 0.3) is 0 Å². The predicted molar refractivity (Wildman–Crippen MR) is 68.4 cm³/mol. The van der Waals surface area contributed by atoms with Gasteiger partial charge in [-0.15, -0.1) is 0 Å². The normalized spacial score (nSPS) is 12.6. The smallest absolute Gasteiger partial charge is 0.326 e. The number of hydrogen-bond donors (Lipinski definition) is 4. The molecule has 0 bridgehead atoms. The van der Waals surface area contributed by atoms with Crippen LogP contribution >= 0.6 is 0 Å². The summed E-state index contributed by atoms with van der Waals surface area (Å²) in [5, 5.41) is 22.3. The number of carbonyl (C=O) groups excluding carboxylic acids is 2. The van der Waals surface area contributed by atoms with E-state index in [-0.39, 0.29) is 31.9 Å². The van der Waals surface area contributed by atoms with Gasteiger partial charge in [0.05, 0.1) is 0 Å². The standard InChI is InChI=1S/C12H22N2O5/c1-12(2,3)11(19)13-6-4-9(16)14-8(5-7-15)10(17)18/h8,15H,4-7H2,1-3H3,(H,13,19)(H,14,16)(H,17,18)/t8-/m1/s1. The lowest BCUT2D eigenvalue weighted by Gasteiger charge is -2.18. The second-order valence-electron chi connectivity index (χ2n) is 5.23. The molecule has 0 radical (unpaired) electrons. The van der Waals surface area contributed by atoms with Gasteiger partial charge in [0.2, 0.25) is 11.8 Å². The Labute approximate surface area is 112 Å². The molecule has 0 aromatic carbocycles. The van der Waals surface area contributed by atoms with E-state index < -0.39 is 23.3 Å². The maximum absolute atomic E-state index is 11.5. The molecule has 0 saturated carbocycles. The zero-order chi connectivity index (χ0) is 15.1. The van der Waals surface area contributed by atoms with Gasteiger partial charge in [-0.3, -0.25) is 9.59 Å². The maximum Gasteiger partial charge on any atom is 0.326 e. The van der Waals surface area contributed by atoms with Crippen LogP contribution in [0.2, 0.25) is 0 Å². The molecule has 110 valence electrons. The molecule has 7 nitrogen and oxygen atoms in total. The molecular formula is C12H22N2O5. The van der Waals surface area contributed by atoms with Gasteiger partial charge in [-0.2, -0.15) is 0 Å². The van der Waals surface area contributed by atoms with Crippen LogP contribution in [0.3, 0.4) is 0 Å². The van der Waals surface area contributed by atoms with E-state index in [1.807, 2.05) is 0 Å². The van der Waals surface area contributed by atoms with Crippen molar-refractivity contribution in [3.63, 3.8) is 0 Å². The number of aliphatic hydroxyl groups is 1. The Morgan fingerprint density at radius 2 is 1.79 bits per heavy atom. The van der Waals surface area contributed by atoms with Crippen LogP contribution in [0.15, 0.2) is 0 Å². The van der Waals surface area contributed by atoms with Gasteiger partial charge in [0.1, 0.15) is 6.04 Å². The minimum atomic E-state index is -1.19. The highest BCUT2D eigenvalue weighted by Gasteiger charge is 2.22. The maximum atomic E-state index is 11.5. The molecular weight excluding hydrogens is 252 g/mol. The molecule has 0 saturated heterocycles. The van der Waals surface area contributed by atoms with E-state index in [0.717, 1.165) is 0 Å². The molecule has 19 heavy (non-hydrogen) atoms. The molecule has 7 heteroatoms. The van der Waals surface area contributed by atoms with Crippen molar-refractivity contribution in [3.8, 4) is 0 Å². The van der Waals surface area contributed by atoms with Crippen LogP contribution in [0.1, 0.15) is 33.6 Å². The molecule has 0 aliphatic carbocycles. The molecule has 4 N–H and O–H groups in total. The second kappa shape index (κ2) is 7.73. The fourth-order valence-electron chi connectivity index (χ4n) is 1.21. The fourth-order valence-corrected chi connectivity index (χ4v) is 1.21. The Morgan fingerprint density at radius 3 is 2.21 bits per heavy atom.